The van der Waals surface area contributed by atoms with Crippen molar-refractivity contribution in [2.45, 2.75) is 39.2 Å². The average molecular weight is 375 g/mol. The third-order valence-electron chi connectivity index (χ3n) is 5.93. The molecule has 3 fully saturated rings. The molecule has 1 saturated heterocycles. The number of carbonyl (C=O) groups is 4. The Balaban J connectivity index is 1.34. The maximum Gasteiger partial charge on any atom is 0.329 e. The highest BCUT2D eigenvalue weighted by Crippen LogP contribution is 2.56. The van der Waals surface area contributed by atoms with Crippen LogP contribution >= 0.6 is 0 Å². The summed E-state index contributed by atoms with van der Waals surface area (Å²) in [6.07, 6.45) is 2.87. The van der Waals surface area contributed by atoms with Gasteiger partial charge in [-0.25, -0.2) is 4.79 Å². The van der Waals surface area contributed by atoms with Crippen molar-refractivity contribution in [3.63, 3.8) is 0 Å². The number of fused-ring (bicyclic) bond motifs is 5. The number of aromatic nitrogens is 1. The lowest BCUT2D eigenvalue weighted by molar-refractivity contribution is -0.159. The molecule has 3 aliphatic rings. The molecular weight excluding hydrogens is 354 g/mol. The zero-order valence-corrected chi connectivity index (χ0v) is 15.1. The summed E-state index contributed by atoms with van der Waals surface area (Å²) >= 11 is 0. The summed E-state index contributed by atoms with van der Waals surface area (Å²) in [4.78, 5) is 50.6. The zero-order valence-electron chi connectivity index (χ0n) is 15.1. The number of nitrogens with one attached hydrogen (secondary N) is 1. The first kappa shape index (κ1) is 17.7. The number of nitrogens with zero attached hydrogens (tertiary/aromatic N) is 2. The fourth-order valence-electron chi connectivity index (χ4n) is 4.78. The van der Waals surface area contributed by atoms with Gasteiger partial charge in [0.05, 0.1) is 11.8 Å². The largest absolute Gasteiger partial charge is 0.454 e. The number of esters is 1. The molecule has 0 aromatic carbocycles. The maximum absolute atomic E-state index is 12.7. The summed E-state index contributed by atoms with van der Waals surface area (Å²) < 4.78 is 9.81. The Kier molecular flexibility index (Phi) is 4.24. The van der Waals surface area contributed by atoms with Crippen molar-refractivity contribution in [3.8, 4) is 0 Å². The summed E-state index contributed by atoms with van der Waals surface area (Å²) in [7, 11) is 0. The third kappa shape index (κ3) is 2.90. The van der Waals surface area contributed by atoms with E-state index in [2.05, 4.69) is 10.5 Å². The summed E-state index contributed by atoms with van der Waals surface area (Å²) in [5.74, 6) is -1.24. The van der Waals surface area contributed by atoms with Crippen LogP contribution in [0.15, 0.2) is 10.6 Å². The number of imide groups is 1. The van der Waals surface area contributed by atoms with E-state index in [-0.39, 0.29) is 41.3 Å². The Hall–Kier alpha value is -2.71. The van der Waals surface area contributed by atoms with Gasteiger partial charge in [-0.1, -0.05) is 5.16 Å². The summed E-state index contributed by atoms with van der Waals surface area (Å²) in [6.45, 7) is 2.60. The number of anilines is 1. The topological polar surface area (TPSA) is 119 Å². The molecule has 9 nitrogen and oxygen atoms in total. The Labute approximate surface area is 155 Å². The predicted molar refractivity (Wildman–Crippen MR) is 90.0 cm³/mol. The molecule has 1 N–H and O–H groups in total. The van der Waals surface area contributed by atoms with E-state index in [1.165, 1.54) is 13.0 Å². The van der Waals surface area contributed by atoms with Crippen molar-refractivity contribution < 1.29 is 28.4 Å². The number of ether oxygens (including phenoxy) is 1. The van der Waals surface area contributed by atoms with Gasteiger partial charge < -0.3 is 14.6 Å². The number of carbonyl (C=O) groups excluding carboxylic acids is 4. The van der Waals surface area contributed by atoms with E-state index in [1.807, 2.05) is 0 Å². The Morgan fingerprint density at radius 3 is 2.48 bits per heavy atom. The van der Waals surface area contributed by atoms with Crippen LogP contribution < -0.4 is 5.32 Å². The molecule has 2 bridgehead atoms. The Morgan fingerprint density at radius 1 is 1.30 bits per heavy atom. The van der Waals surface area contributed by atoms with Crippen molar-refractivity contribution in [2.75, 3.05) is 11.9 Å². The molecule has 0 radical (unpaired) electrons. The van der Waals surface area contributed by atoms with Gasteiger partial charge >= 0.3 is 5.97 Å². The molecule has 5 unspecified atom stereocenters. The lowest BCUT2D eigenvalue weighted by Gasteiger charge is -2.22. The highest BCUT2D eigenvalue weighted by atomic mass is 16.5. The van der Waals surface area contributed by atoms with E-state index in [0.29, 0.717) is 5.76 Å². The SMILES string of the molecule is Cc1cc(NC(=O)COC(=O)C(C)N2C(=O)C3C4CCC(C4)C3C2=O)no1. The molecule has 1 aromatic heterocycles. The summed E-state index contributed by atoms with van der Waals surface area (Å²) in [5.41, 5.74) is 0. The van der Waals surface area contributed by atoms with E-state index in [0.717, 1.165) is 24.2 Å². The van der Waals surface area contributed by atoms with Gasteiger partial charge in [0, 0.05) is 6.07 Å². The Morgan fingerprint density at radius 2 is 1.93 bits per heavy atom. The van der Waals surface area contributed by atoms with Gasteiger partial charge in [0.15, 0.2) is 12.4 Å². The minimum absolute atomic E-state index is 0.217. The number of likely N-dealkylation sites (tertiary alicyclic amines) is 1. The van der Waals surface area contributed by atoms with Crippen LogP contribution in [0.4, 0.5) is 5.82 Å². The summed E-state index contributed by atoms with van der Waals surface area (Å²) in [5, 5.41) is 6.04. The zero-order chi connectivity index (χ0) is 19.3. The van der Waals surface area contributed by atoms with E-state index in [1.54, 1.807) is 6.92 Å². The van der Waals surface area contributed by atoms with Gasteiger partial charge in [0.25, 0.3) is 5.91 Å². The molecule has 2 saturated carbocycles. The van der Waals surface area contributed by atoms with Crippen LogP contribution in [-0.2, 0) is 23.9 Å². The van der Waals surface area contributed by atoms with E-state index in [9.17, 15) is 19.2 Å². The number of hydrogen-bond donors (Lipinski definition) is 1. The molecule has 27 heavy (non-hydrogen) atoms. The van der Waals surface area contributed by atoms with Crippen molar-refractivity contribution in [3.05, 3.63) is 11.8 Å². The number of rotatable bonds is 5. The van der Waals surface area contributed by atoms with Gasteiger partial charge in [0.1, 0.15) is 11.8 Å². The molecule has 144 valence electrons. The molecule has 3 amide bonds. The number of aryl methyl sites for hydroxylation is 1. The van der Waals surface area contributed by atoms with Gasteiger partial charge in [-0.15, -0.1) is 0 Å². The van der Waals surface area contributed by atoms with Crippen LogP contribution in [0, 0.1) is 30.6 Å². The van der Waals surface area contributed by atoms with Crippen LogP contribution in [0.2, 0.25) is 0 Å². The molecular formula is C18H21N3O6. The number of hydrogen-bond acceptors (Lipinski definition) is 7. The molecule has 1 aromatic rings. The fraction of sp³-hybridized carbons (Fsp3) is 0.611. The molecule has 0 spiro atoms. The molecule has 2 aliphatic carbocycles. The minimum atomic E-state index is -1.04. The van der Waals surface area contributed by atoms with E-state index < -0.39 is 24.5 Å². The average Bonchev–Trinajstić information content (AvgIpc) is 3.38. The van der Waals surface area contributed by atoms with Gasteiger partial charge in [0.2, 0.25) is 11.8 Å². The maximum atomic E-state index is 12.7. The lowest BCUT2D eigenvalue weighted by Crippen LogP contribution is -2.45. The fourth-order valence-corrected chi connectivity index (χ4v) is 4.78. The normalized spacial score (nSPS) is 29.8. The van der Waals surface area contributed by atoms with Gasteiger partial charge in [-0.05, 0) is 44.9 Å². The lowest BCUT2D eigenvalue weighted by atomic mass is 9.81. The van der Waals surface area contributed by atoms with Crippen molar-refractivity contribution in [2.24, 2.45) is 23.7 Å². The molecule has 4 rings (SSSR count). The van der Waals surface area contributed by atoms with Crippen molar-refractivity contribution in [1.82, 2.24) is 10.1 Å². The summed E-state index contributed by atoms with van der Waals surface area (Å²) in [6, 6.07) is 0.480. The molecule has 1 aliphatic heterocycles. The van der Waals surface area contributed by atoms with Crippen LogP contribution in [-0.4, -0.2) is 46.4 Å². The van der Waals surface area contributed by atoms with Gasteiger partial charge in [-0.2, -0.15) is 0 Å². The Bertz CT molecular complexity index is 790. The first-order chi connectivity index (χ1) is 12.9. The minimum Gasteiger partial charge on any atom is -0.454 e. The van der Waals surface area contributed by atoms with Crippen molar-refractivity contribution in [1.29, 1.82) is 0 Å². The number of amides is 3. The predicted octanol–water partition coefficient (Wildman–Crippen LogP) is 0.884. The first-order valence-corrected chi connectivity index (χ1v) is 9.13. The van der Waals surface area contributed by atoms with Crippen LogP contribution in [0.25, 0.3) is 0 Å². The first-order valence-electron chi connectivity index (χ1n) is 9.13. The second-order valence-corrected chi connectivity index (χ2v) is 7.59. The molecule has 9 heteroatoms. The third-order valence-corrected chi connectivity index (χ3v) is 5.93. The van der Waals surface area contributed by atoms with Crippen LogP contribution in [0.5, 0.6) is 0 Å². The highest BCUT2D eigenvalue weighted by Gasteiger charge is 2.62. The highest BCUT2D eigenvalue weighted by molar-refractivity contribution is 6.08. The van der Waals surface area contributed by atoms with E-state index in [4.69, 9.17) is 9.26 Å². The van der Waals surface area contributed by atoms with Gasteiger partial charge in [-0.3, -0.25) is 19.3 Å². The monoisotopic (exact) mass is 375 g/mol. The van der Waals surface area contributed by atoms with Crippen molar-refractivity contribution >= 4 is 29.5 Å². The standard InChI is InChI=1S/C18H21N3O6/c1-8-5-12(20-27-8)19-13(22)7-26-18(25)9(2)21-16(23)14-10-3-4-11(6-10)15(14)17(21)24/h5,9-11,14-15H,3-4,6-7H2,1-2H3,(H,19,20,22). The molecule has 5 atom stereocenters. The van der Waals surface area contributed by atoms with E-state index >= 15 is 0 Å². The molecule has 2 heterocycles. The second kappa shape index (κ2) is 6.47. The van der Waals surface area contributed by atoms with Crippen LogP contribution in [0.3, 0.4) is 0 Å². The van der Waals surface area contributed by atoms with Crippen LogP contribution in [0.1, 0.15) is 31.9 Å². The quantitative estimate of drug-likeness (QED) is 0.599. The second-order valence-electron chi connectivity index (χ2n) is 7.59. The smallest absolute Gasteiger partial charge is 0.329 e.